The van der Waals surface area contributed by atoms with Gasteiger partial charge < -0.3 is 0 Å². The first-order valence-electron chi connectivity index (χ1n) is 9.05. The fourth-order valence-corrected chi connectivity index (χ4v) is 4.62. The summed E-state index contributed by atoms with van der Waals surface area (Å²) in [4.78, 5) is 0.149. The van der Waals surface area contributed by atoms with Gasteiger partial charge in [-0.25, -0.2) is 13.6 Å². The lowest BCUT2D eigenvalue weighted by atomic mass is 9.58. The molecule has 134 valence electrons. The molecule has 3 nitrogen and oxygen atoms in total. The highest BCUT2D eigenvalue weighted by atomic mass is 32.2. The van der Waals surface area contributed by atoms with E-state index in [0.29, 0.717) is 5.92 Å². The second-order valence-corrected chi connectivity index (χ2v) is 8.86. The molecule has 2 aromatic rings. The number of hydrogen-bond acceptors (Lipinski definition) is 2. The highest BCUT2D eigenvalue weighted by Crippen LogP contribution is 2.58. The Labute approximate surface area is 155 Å². The molecular formula is C22H23NO2S. The zero-order valence-electron chi connectivity index (χ0n) is 14.9. The van der Waals surface area contributed by atoms with Crippen molar-refractivity contribution in [1.29, 1.82) is 0 Å². The Morgan fingerprint density at radius 1 is 1.08 bits per heavy atom. The Balaban J connectivity index is 1.60. The van der Waals surface area contributed by atoms with Crippen molar-refractivity contribution in [2.75, 3.05) is 0 Å². The van der Waals surface area contributed by atoms with Crippen molar-refractivity contribution in [1.82, 2.24) is 0 Å². The molecule has 0 aliphatic heterocycles. The normalized spacial score (nSPS) is 24.5. The molecule has 2 atom stereocenters. The van der Waals surface area contributed by atoms with Gasteiger partial charge in [-0.3, -0.25) is 0 Å². The molecule has 0 radical (unpaired) electrons. The highest BCUT2D eigenvalue weighted by Gasteiger charge is 2.45. The molecule has 0 aromatic heterocycles. The Hall–Kier alpha value is -2.17. The maximum atomic E-state index is 11.4. The third kappa shape index (κ3) is 2.93. The van der Waals surface area contributed by atoms with Crippen LogP contribution in [0.4, 0.5) is 0 Å². The van der Waals surface area contributed by atoms with Crippen molar-refractivity contribution in [2.45, 2.75) is 37.0 Å². The third-order valence-corrected chi connectivity index (χ3v) is 6.75. The van der Waals surface area contributed by atoms with E-state index in [2.05, 4.69) is 49.4 Å². The molecule has 2 aliphatic carbocycles. The van der Waals surface area contributed by atoms with Crippen LogP contribution in [-0.4, -0.2) is 8.42 Å². The van der Waals surface area contributed by atoms with E-state index in [9.17, 15) is 8.42 Å². The van der Waals surface area contributed by atoms with Gasteiger partial charge in [0.15, 0.2) is 0 Å². The molecule has 2 N–H and O–H groups in total. The molecule has 0 bridgehead atoms. The Morgan fingerprint density at radius 3 is 2.31 bits per heavy atom. The van der Waals surface area contributed by atoms with Crippen LogP contribution < -0.4 is 5.14 Å². The van der Waals surface area contributed by atoms with Crippen LogP contribution in [0.1, 0.15) is 42.4 Å². The first-order chi connectivity index (χ1) is 12.4. The number of allylic oxidation sites excluding steroid dienone is 4. The zero-order valence-corrected chi connectivity index (χ0v) is 15.7. The monoisotopic (exact) mass is 365 g/mol. The summed E-state index contributed by atoms with van der Waals surface area (Å²) in [6.07, 6.45) is 10.2. The first kappa shape index (κ1) is 17.3. The topological polar surface area (TPSA) is 60.2 Å². The molecule has 2 unspecified atom stereocenters. The minimum Gasteiger partial charge on any atom is -0.225 e. The molecule has 26 heavy (non-hydrogen) atoms. The van der Waals surface area contributed by atoms with Gasteiger partial charge in [-0.1, -0.05) is 61.5 Å². The molecule has 0 heterocycles. The lowest BCUT2D eigenvalue weighted by molar-refractivity contribution is 0.221. The van der Waals surface area contributed by atoms with Crippen LogP contribution in [0.5, 0.6) is 0 Å². The van der Waals surface area contributed by atoms with Crippen molar-refractivity contribution < 1.29 is 8.42 Å². The van der Waals surface area contributed by atoms with Crippen LogP contribution in [0.3, 0.4) is 0 Å². The third-order valence-electron chi connectivity index (χ3n) is 5.82. The van der Waals surface area contributed by atoms with Crippen LogP contribution in [0, 0.1) is 5.41 Å². The predicted octanol–water partition coefficient (Wildman–Crippen LogP) is 4.41. The van der Waals surface area contributed by atoms with Crippen molar-refractivity contribution >= 4 is 15.6 Å². The van der Waals surface area contributed by atoms with Gasteiger partial charge in [-0.05, 0) is 59.6 Å². The van der Waals surface area contributed by atoms with E-state index in [1.54, 1.807) is 12.1 Å². The molecule has 4 heteroatoms. The zero-order chi connectivity index (χ0) is 18.4. The molecule has 2 aromatic carbocycles. The van der Waals surface area contributed by atoms with E-state index in [-0.39, 0.29) is 10.3 Å². The number of sulfonamides is 1. The lowest BCUT2D eigenvalue weighted by Gasteiger charge is -2.45. The molecular weight excluding hydrogens is 342 g/mol. The Bertz CT molecular complexity index is 985. The van der Waals surface area contributed by atoms with E-state index in [1.165, 1.54) is 17.5 Å². The fourth-order valence-electron chi connectivity index (χ4n) is 4.10. The van der Waals surface area contributed by atoms with E-state index in [1.807, 2.05) is 12.1 Å². The summed E-state index contributed by atoms with van der Waals surface area (Å²) in [5, 5.41) is 5.18. The van der Waals surface area contributed by atoms with Crippen LogP contribution in [0.25, 0.3) is 5.57 Å². The summed E-state index contributed by atoms with van der Waals surface area (Å²) in [7, 11) is -3.65. The van der Waals surface area contributed by atoms with Gasteiger partial charge in [0.1, 0.15) is 0 Å². The SMILES string of the molecule is CCc1ccc(C2CCC23C=CC(c2ccc(S(N)(=O)=O)cc2)=C3)cc1. The maximum Gasteiger partial charge on any atom is 0.238 e. The smallest absolute Gasteiger partial charge is 0.225 e. The van der Waals surface area contributed by atoms with Gasteiger partial charge in [0.2, 0.25) is 10.0 Å². The fraction of sp³-hybridized carbons (Fsp3) is 0.273. The molecule has 1 fully saturated rings. The van der Waals surface area contributed by atoms with Crippen LogP contribution in [0.2, 0.25) is 0 Å². The summed E-state index contributed by atoms with van der Waals surface area (Å²) in [6.45, 7) is 2.18. The van der Waals surface area contributed by atoms with Crippen molar-refractivity contribution in [3.63, 3.8) is 0 Å². The highest BCUT2D eigenvalue weighted by molar-refractivity contribution is 7.89. The molecule has 0 amide bonds. The van der Waals surface area contributed by atoms with Crippen LogP contribution in [-0.2, 0) is 16.4 Å². The molecule has 1 saturated carbocycles. The lowest BCUT2D eigenvalue weighted by Crippen LogP contribution is -2.33. The molecule has 4 rings (SSSR count). The Kier molecular flexibility index (Phi) is 4.13. The van der Waals surface area contributed by atoms with E-state index < -0.39 is 10.0 Å². The number of benzene rings is 2. The maximum absolute atomic E-state index is 11.4. The van der Waals surface area contributed by atoms with E-state index >= 15 is 0 Å². The first-order valence-corrected chi connectivity index (χ1v) is 10.6. The average molecular weight is 365 g/mol. The molecule has 0 saturated heterocycles. The van der Waals surface area contributed by atoms with Crippen LogP contribution >= 0.6 is 0 Å². The minimum absolute atomic E-state index is 0.0989. The standard InChI is InChI=1S/C22H23NO2S/c1-2-16-3-5-18(6-4-16)21-12-14-22(21)13-11-19(15-22)17-7-9-20(10-8-17)26(23,24)25/h3-11,13,15,21H,2,12,14H2,1H3,(H2,23,24,25). The quantitative estimate of drug-likeness (QED) is 0.872. The van der Waals surface area contributed by atoms with Gasteiger partial charge in [0, 0.05) is 5.41 Å². The number of aryl methyl sites for hydroxylation is 1. The van der Waals surface area contributed by atoms with Crippen LogP contribution in [0.15, 0.2) is 71.7 Å². The van der Waals surface area contributed by atoms with Crippen molar-refractivity contribution in [3.05, 3.63) is 83.4 Å². The predicted molar refractivity (Wildman–Crippen MR) is 105 cm³/mol. The summed E-state index contributed by atoms with van der Waals surface area (Å²) in [6, 6.07) is 15.8. The number of nitrogens with two attached hydrogens (primary N) is 1. The molecule has 2 aliphatic rings. The Morgan fingerprint density at radius 2 is 1.77 bits per heavy atom. The number of primary sulfonamides is 1. The van der Waals surface area contributed by atoms with Gasteiger partial charge in [-0.2, -0.15) is 0 Å². The second-order valence-electron chi connectivity index (χ2n) is 7.30. The second kappa shape index (κ2) is 6.22. The minimum atomic E-state index is -3.65. The van der Waals surface area contributed by atoms with E-state index in [4.69, 9.17) is 5.14 Å². The summed E-state index contributed by atoms with van der Waals surface area (Å²) >= 11 is 0. The number of hydrogen-bond donors (Lipinski definition) is 1. The van der Waals surface area contributed by atoms with Crippen molar-refractivity contribution in [2.24, 2.45) is 10.6 Å². The summed E-state index contributed by atoms with van der Waals surface area (Å²) in [5.74, 6) is 0.519. The van der Waals surface area contributed by atoms with Gasteiger partial charge in [0.25, 0.3) is 0 Å². The summed E-state index contributed by atoms with van der Waals surface area (Å²) in [5.41, 5.74) is 5.05. The average Bonchev–Trinajstić information content (AvgIpc) is 3.09. The molecule has 1 spiro atoms. The summed E-state index contributed by atoms with van der Waals surface area (Å²) < 4.78 is 22.8. The van der Waals surface area contributed by atoms with Gasteiger partial charge in [0.05, 0.1) is 4.90 Å². The van der Waals surface area contributed by atoms with E-state index in [0.717, 1.165) is 24.0 Å². The van der Waals surface area contributed by atoms with Crippen molar-refractivity contribution in [3.8, 4) is 0 Å². The largest absolute Gasteiger partial charge is 0.238 e. The number of rotatable bonds is 4. The van der Waals surface area contributed by atoms with Gasteiger partial charge >= 0.3 is 0 Å². The van der Waals surface area contributed by atoms with Gasteiger partial charge in [-0.15, -0.1) is 0 Å².